The van der Waals surface area contributed by atoms with Crippen molar-refractivity contribution in [1.29, 1.82) is 0 Å². The fourth-order valence-corrected chi connectivity index (χ4v) is 4.40. The van der Waals surface area contributed by atoms with Gasteiger partial charge in [0.05, 0.1) is 18.4 Å². The Bertz CT molecular complexity index is 1280. The fraction of sp³-hybridized carbons (Fsp3) is 0.160. The number of hydrogen-bond donors (Lipinski definition) is 0. The maximum atomic E-state index is 13.1. The van der Waals surface area contributed by atoms with Crippen molar-refractivity contribution in [3.05, 3.63) is 89.2 Å². The molecule has 3 aromatic carbocycles. The molecule has 9 heteroatoms. The number of methoxy groups -OCH3 is 1. The molecule has 0 unspecified atom stereocenters. The Balaban J connectivity index is 1.59. The molecule has 0 fully saturated rings. The summed E-state index contributed by atoms with van der Waals surface area (Å²) in [7, 11) is 3.32. The van der Waals surface area contributed by atoms with Crippen molar-refractivity contribution in [2.75, 3.05) is 19.9 Å². The number of carbonyl (C=O) groups is 1. The smallest absolute Gasteiger partial charge is 0.233 e. The normalized spacial score (nSPS) is 10.8. The summed E-state index contributed by atoms with van der Waals surface area (Å²) in [5, 5.41) is 9.95. The largest absolute Gasteiger partial charge is 0.496 e. The van der Waals surface area contributed by atoms with Gasteiger partial charge < -0.3 is 9.64 Å². The van der Waals surface area contributed by atoms with Gasteiger partial charge >= 0.3 is 0 Å². The van der Waals surface area contributed by atoms with E-state index in [0.717, 1.165) is 16.8 Å². The molecule has 0 aliphatic carbocycles. The van der Waals surface area contributed by atoms with Crippen LogP contribution in [0.15, 0.2) is 78.0 Å². The lowest BCUT2D eigenvalue weighted by Crippen LogP contribution is -2.27. The first-order chi connectivity index (χ1) is 16.5. The molecular formula is C25H22ClFN4O2S. The summed E-state index contributed by atoms with van der Waals surface area (Å²) in [6.07, 6.45) is 0. The third-order valence-corrected chi connectivity index (χ3v) is 6.32. The summed E-state index contributed by atoms with van der Waals surface area (Å²) in [6, 6.07) is 21.0. The number of nitrogens with zero attached hydrogens (tertiary/aromatic N) is 4. The van der Waals surface area contributed by atoms with E-state index in [9.17, 15) is 9.18 Å². The Morgan fingerprint density at radius 1 is 1.06 bits per heavy atom. The molecular weight excluding hydrogens is 475 g/mol. The van der Waals surface area contributed by atoms with E-state index in [1.54, 1.807) is 43.3 Å². The molecule has 1 amide bonds. The van der Waals surface area contributed by atoms with Crippen molar-refractivity contribution in [1.82, 2.24) is 19.7 Å². The standard InChI is InChI=1S/C25H22ClFN4O2S/c1-30(15-17-7-11-19(27)12-8-17)23(32)16-34-25-29-28-24(21-5-3-4-6-22(21)33-2)31(25)20-13-9-18(26)10-14-20/h3-14H,15-16H2,1-2H3. The molecule has 0 radical (unpaired) electrons. The van der Waals surface area contributed by atoms with Gasteiger partial charge in [0.1, 0.15) is 11.6 Å². The number of carbonyl (C=O) groups excluding carboxylic acids is 1. The summed E-state index contributed by atoms with van der Waals surface area (Å²) < 4.78 is 20.5. The van der Waals surface area contributed by atoms with Crippen LogP contribution in [0.3, 0.4) is 0 Å². The highest BCUT2D eigenvalue weighted by Gasteiger charge is 2.20. The molecule has 0 N–H and O–H groups in total. The molecule has 0 aliphatic heterocycles. The number of hydrogen-bond acceptors (Lipinski definition) is 5. The zero-order valence-corrected chi connectivity index (χ0v) is 20.2. The van der Waals surface area contributed by atoms with Gasteiger partial charge in [-0.15, -0.1) is 10.2 Å². The Kier molecular flexibility index (Phi) is 7.49. The highest BCUT2D eigenvalue weighted by molar-refractivity contribution is 7.99. The number of para-hydroxylation sites is 1. The zero-order valence-electron chi connectivity index (χ0n) is 18.6. The van der Waals surface area contributed by atoms with Crippen LogP contribution in [-0.2, 0) is 11.3 Å². The SMILES string of the molecule is COc1ccccc1-c1nnc(SCC(=O)N(C)Cc2ccc(F)cc2)n1-c1ccc(Cl)cc1. The molecule has 0 saturated heterocycles. The number of aromatic nitrogens is 3. The van der Waals surface area contributed by atoms with Crippen molar-refractivity contribution >= 4 is 29.3 Å². The summed E-state index contributed by atoms with van der Waals surface area (Å²) in [6.45, 7) is 0.385. The molecule has 0 spiro atoms. The van der Waals surface area contributed by atoms with Gasteiger partial charge in [0.25, 0.3) is 0 Å². The quantitative estimate of drug-likeness (QED) is 0.302. The number of halogens is 2. The van der Waals surface area contributed by atoms with E-state index in [0.29, 0.717) is 28.3 Å². The number of amides is 1. The lowest BCUT2D eigenvalue weighted by atomic mass is 10.2. The minimum atomic E-state index is -0.305. The van der Waals surface area contributed by atoms with Crippen molar-refractivity contribution in [3.8, 4) is 22.8 Å². The van der Waals surface area contributed by atoms with E-state index >= 15 is 0 Å². The van der Waals surface area contributed by atoms with Gasteiger partial charge in [0.2, 0.25) is 5.91 Å². The highest BCUT2D eigenvalue weighted by Crippen LogP contribution is 2.33. The van der Waals surface area contributed by atoms with E-state index in [4.69, 9.17) is 16.3 Å². The first kappa shape index (κ1) is 23.8. The predicted octanol–water partition coefficient (Wildman–Crippen LogP) is 5.49. The van der Waals surface area contributed by atoms with Crippen LogP contribution < -0.4 is 4.74 Å². The molecule has 4 rings (SSSR count). The molecule has 1 aromatic heterocycles. The van der Waals surface area contributed by atoms with Gasteiger partial charge in [-0.1, -0.05) is 47.6 Å². The van der Waals surface area contributed by atoms with Crippen molar-refractivity contribution in [2.45, 2.75) is 11.7 Å². The average molecular weight is 497 g/mol. The van der Waals surface area contributed by atoms with Crippen LogP contribution in [0.4, 0.5) is 4.39 Å². The molecule has 0 aliphatic rings. The second kappa shape index (κ2) is 10.7. The number of ether oxygens (including phenoxy) is 1. The number of thioether (sulfide) groups is 1. The van der Waals surface area contributed by atoms with Gasteiger partial charge in [-0.25, -0.2) is 4.39 Å². The molecule has 174 valence electrons. The molecule has 6 nitrogen and oxygen atoms in total. The van der Waals surface area contributed by atoms with Crippen LogP contribution in [0.5, 0.6) is 5.75 Å². The average Bonchev–Trinajstić information content (AvgIpc) is 3.28. The molecule has 4 aromatic rings. The van der Waals surface area contributed by atoms with E-state index in [-0.39, 0.29) is 17.5 Å². The zero-order chi connectivity index (χ0) is 24.1. The van der Waals surface area contributed by atoms with Crippen LogP contribution >= 0.6 is 23.4 Å². The van der Waals surface area contributed by atoms with Crippen LogP contribution in [0.1, 0.15) is 5.56 Å². The van der Waals surface area contributed by atoms with Gasteiger partial charge in [-0.3, -0.25) is 9.36 Å². The minimum absolute atomic E-state index is 0.0844. The predicted molar refractivity (Wildman–Crippen MR) is 132 cm³/mol. The van der Waals surface area contributed by atoms with Gasteiger partial charge in [-0.05, 0) is 54.1 Å². The van der Waals surface area contributed by atoms with E-state index < -0.39 is 0 Å². The van der Waals surface area contributed by atoms with E-state index in [1.165, 1.54) is 23.9 Å². The Morgan fingerprint density at radius 2 is 1.76 bits per heavy atom. The summed E-state index contributed by atoms with van der Waals surface area (Å²) in [5.74, 6) is 1.03. The molecule has 0 atom stereocenters. The number of benzene rings is 3. The van der Waals surface area contributed by atoms with Crippen molar-refractivity contribution < 1.29 is 13.9 Å². The van der Waals surface area contributed by atoms with E-state index in [2.05, 4.69) is 10.2 Å². The third kappa shape index (κ3) is 5.40. The highest BCUT2D eigenvalue weighted by atomic mass is 35.5. The maximum absolute atomic E-state index is 13.1. The summed E-state index contributed by atoms with van der Waals surface area (Å²) >= 11 is 7.38. The monoisotopic (exact) mass is 496 g/mol. The summed E-state index contributed by atoms with van der Waals surface area (Å²) in [5.41, 5.74) is 2.44. The second-order valence-corrected chi connectivity index (χ2v) is 8.86. The lowest BCUT2D eigenvalue weighted by molar-refractivity contribution is -0.127. The summed E-state index contributed by atoms with van der Waals surface area (Å²) in [4.78, 5) is 14.4. The molecule has 1 heterocycles. The van der Waals surface area contributed by atoms with Crippen LogP contribution in [-0.4, -0.2) is 45.5 Å². The molecule has 0 saturated carbocycles. The minimum Gasteiger partial charge on any atom is -0.496 e. The van der Waals surface area contributed by atoms with Gasteiger partial charge in [0, 0.05) is 24.3 Å². The second-order valence-electron chi connectivity index (χ2n) is 7.48. The third-order valence-electron chi connectivity index (χ3n) is 5.15. The van der Waals surface area contributed by atoms with Crippen molar-refractivity contribution in [3.63, 3.8) is 0 Å². The molecule has 0 bridgehead atoms. The van der Waals surface area contributed by atoms with E-state index in [1.807, 2.05) is 41.0 Å². The van der Waals surface area contributed by atoms with Crippen molar-refractivity contribution in [2.24, 2.45) is 0 Å². The molecule has 34 heavy (non-hydrogen) atoms. The Morgan fingerprint density at radius 3 is 2.47 bits per heavy atom. The Labute approximate surface area is 206 Å². The van der Waals surface area contributed by atoms with Crippen LogP contribution in [0.2, 0.25) is 5.02 Å². The Hall–Kier alpha value is -3.36. The first-order valence-corrected chi connectivity index (χ1v) is 11.8. The van der Waals surface area contributed by atoms with Crippen LogP contribution in [0, 0.1) is 5.82 Å². The van der Waals surface area contributed by atoms with Gasteiger partial charge in [0.15, 0.2) is 11.0 Å². The number of rotatable bonds is 8. The van der Waals surface area contributed by atoms with Gasteiger partial charge in [-0.2, -0.15) is 0 Å². The van der Waals surface area contributed by atoms with Crippen LogP contribution in [0.25, 0.3) is 17.1 Å². The first-order valence-electron chi connectivity index (χ1n) is 10.4. The fourth-order valence-electron chi connectivity index (χ4n) is 3.38. The maximum Gasteiger partial charge on any atom is 0.233 e. The lowest BCUT2D eigenvalue weighted by Gasteiger charge is -2.17. The topological polar surface area (TPSA) is 60.3 Å².